The molecular weight excluding hydrogens is 162 g/mol. The predicted octanol–water partition coefficient (Wildman–Crippen LogP) is 2.27. The van der Waals surface area contributed by atoms with Gasteiger partial charge in [-0.15, -0.1) is 0 Å². The first-order chi connectivity index (χ1) is 5.96. The first-order valence-corrected chi connectivity index (χ1v) is 5.39. The Morgan fingerprint density at radius 2 is 1.54 bits per heavy atom. The lowest BCUT2D eigenvalue weighted by atomic mass is 9.95. The molecule has 0 aromatic carbocycles. The number of hydrogen-bond acceptors (Lipinski definition) is 2. The fraction of sp³-hybridized carbons (Fsp3) is 1.00. The highest BCUT2D eigenvalue weighted by Gasteiger charge is 2.30. The van der Waals surface area contributed by atoms with E-state index in [1.54, 1.807) is 0 Å². The normalized spacial score (nSPS) is 15.0. The van der Waals surface area contributed by atoms with Gasteiger partial charge in [0.25, 0.3) is 0 Å². The molecule has 0 heterocycles. The average Bonchev–Trinajstić information content (AvgIpc) is 2.03. The molecule has 0 aliphatic rings. The van der Waals surface area contributed by atoms with Crippen LogP contribution in [0.1, 0.15) is 47.5 Å². The summed E-state index contributed by atoms with van der Waals surface area (Å²) >= 11 is 0. The second-order valence-corrected chi connectivity index (χ2v) is 4.32. The van der Waals surface area contributed by atoms with E-state index in [2.05, 4.69) is 32.6 Å². The van der Waals surface area contributed by atoms with Gasteiger partial charge in [-0.2, -0.15) is 0 Å². The Morgan fingerprint density at radius 1 is 1.15 bits per heavy atom. The Labute approximate surface area is 82.9 Å². The van der Waals surface area contributed by atoms with Crippen LogP contribution < -0.4 is 0 Å². The number of nitrogens with zero attached hydrogens (tertiary/aromatic N) is 1. The molecule has 13 heavy (non-hydrogen) atoms. The monoisotopic (exact) mass is 187 g/mol. The number of aliphatic hydroxyl groups is 1. The van der Waals surface area contributed by atoms with Crippen molar-refractivity contribution in [2.45, 2.75) is 59.1 Å². The molecule has 1 atom stereocenters. The van der Waals surface area contributed by atoms with Crippen molar-refractivity contribution in [1.82, 2.24) is 4.90 Å². The summed E-state index contributed by atoms with van der Waals surface area (Å²) < 4.78 is 0. The second kappa shape index (κ2) is 5.61. The molecule has 0 fully saturated rings. The standard InChI is InChI=1S/C11H25NO/c1-6-8-12(9-7-2)11(4,5)10(3)13/h10,13H,6-9H2,1-5H3. The van der Waals surface area contributed by atoms with Crippen molar-refractivity contribution in [2.24, 2.45) is 0 Å². The number of hydrogen-bond donors (Lipinski definition) is 1. The van der Waals surface area contributed by atoms with Gasteiger partial charge in [0.05, 0.1) is 6.10 Å². The van der Waals surface area contributed by atoms with Crippen LogP contribution in [-0.4, -0.2) is 34.7 Å². The Bertz CT molecular complexity index is 126. The van der Waals surface area contributed by atoms with Gasteiger partial charge in [-0.1, -0.05) is 13.8 Å². The van der Waals surface area contributed by atoms with Crippen LogP contribution in [0.2, 0.25) is 0 Å². The van der Waals surface area contributed by atoms with E-state index in [1.165, 1.54) is 0 Å². The van der Waals surface area contributed by atoms with Gasteiger partial charge in [0, 0.05) is 5.54 Å². The zero-order valence-electron chi connectivity index (χ0n) is 9.80. The Balaban J connectivity index is 4.31. The van der Waals surface area contributed by atoms with Gasteiger partial charge >= 0.3 is 0 Å². The number of rotatable bonds is 6. The molecule has 0 spiro atoms. The summed E-state index contributed by atoms with van der Waals surface area (Å²) in [5.41, 5.74) is -0.0913. The van der Waals surface area contributed by atoms with Crippen LogP contribution in [0.15, 0.2) is 0 Å². The highest BCUT2D eigenvalue weighted by Crippen LogP contribution is 2.19. The first-order valence-electron chi connectivity index (χ1n) is 5.39. The van der Waals surface area contributed by atoms with Gasteiger partial charge in [-0.3, -0.25) is 4.90 Å². The van der Waals surface area contributed by atoms with E-state index in [-0.39, 0.29) is 11.6 Å². The molecule has 2 nitrogen and oxygen atoms in total. The van der Waals surface area contributed by atoms with Crippen LogP contribution in [0, 0.1) is 0 Å². The SMILES string of the molecule is CCCN(CCC)C(C)(C)C(C)O. The van der Waals surface area contributed by atoms with Gasteiger partial charge < -0.3 is 5.11 Å². The fourth-order valence-corrected chi connectivity index (χ4v) is 1.49. The molecule has 0 saturated carbocycles. The molecule has 0 amide bonds. The first kappa shape index (κ1) is 12.9. The largest absolute Gasteiger partial charge is 0.392 e. The summed E-state index contributed by atoms with van der Waals surface area (Å²) in [6, 6.07) is 0. The van der Waals surface area contributed by atoms with Gasteiger partial charge in [-0.05, 0) is 46.7 Å². The summed E-state index contributed by atoms with van der Waals surface area (Å²) in [5.74, 6) is 0. The minimum atomic E-state index is -0.273. The van der Waals surface area contributed by atoms with Crippen LogP contribution >= 0.6 is 0 Å². The van der Waals surface area contributed by atoms with Crippen LogP contribution in [0.4, 0.5) is 0 Å². The molecule has 0 aliphatic carbocycles. The third-order valence-corrected chi connectivity index (χ3v) is 2.82. The highest BCUT2D eigenvalue weighted by atomic mass is 16.3. The summed E-state index contributed by atoms with van der Waals surface area (Å²) in [6.07, 6.45) is 2.03. The molecule has 0 rings (SSSR count). The minimum absolute atomic E-state index is 0.0913. The summed E-state index contributed by atoms with van der Waals surface area (Å²) in [7, 11) is 0. The molecule has 0 aliphatic heterocycles. The zero-order valence-corrected chi connectivity index (χ0v) is 9.80. The van der Waals surface area contributed by atoms with E-state index in [0.29, 0.717) is 0 Å². The topological polar surface area (TPSA) is 23.5 Å². The maximum Gasteiger partial charge on any atom is 0.0690 e. The zero-order chi connectivity index (χ0) is 10.5. The minimum Gasteiger partial charge on any atom is -0.392 e. The van der Waals surface area contributed by atoms with Crippen molar-refractivity contribution in [3.05, 3.63) is 0 Å². The van der Waals surface area contributed by atoms with E-state index >= 15 is 0 Å². The molecule has 1 unspecified atom stereocenters. The lowest BCUT2D eigenvalue weighted by Gasteiger charge is -2.40. The molecule has 2 heteroatoms. The Kier molecular flexibility index (Phi) is 5.57. The Morgan fingerprint density at radius 3 is 1.77 bits per heavy atom. The van der Waals surface area contributed by atoms with Crippen molar-refractivity contribution >= 4 is 0 Å². The Hall–Kier alpha value is -0.0800. The third-order valence-electron chi connectivity index (χ3n) is 2.82. The van der Waals surface area contributed by atoms with Crippen LogP contribution in [0.3, 0.4) is 0 Å². The van der Waals surface area contributed by atoms with Crippen LogP contribution in [0.5, 0.6) is 0 Å². The average molecular weight is 187 g/mol. The molecular formula is C11H25NO. The van der Waals surface area contributed by atoms with Crippen molar-refractivity contribution in [3.8, 4) is 0 Å². The number of aliphatic hydroxyl groups excluding tert-OH is 1. The van der Waals surface area contributed by atoms with Crippen LogP contribution in [-0.2, 0) is 0 Å². The summed E-state index contributed by atoms with van der Waals surface area (Å²) in [6.45, 7) is 12.6. The van der Waals surface area contributed by atoms with Gasteiger partial charge in [0.15, 0.2) is 0 Å². The molecule has 0 radical (unpaired) electrons. The van der Waals surface area contributed by atoms with E-state index in [1.807, 2.05) is 6.92 Å². The summed E-state index contributed by atoms with van der Waals surface area (Å²) in [5, 5.41) is 9.66. The van der Waals surface area contributed by atoms with Crippen molar-refractivity contribution in [2.75, 3.05) is 13.1 Å². The lowest BCUT2D eigenvalue weighted by Crippen LogP contribution is -2.51. The molecule has 1 N–H and O–H groups in total. The quantitative estimate of drug-likeness (QED) is 0.689. The van der Waals surface area contributed by atoms with Gasteiger partial charge in [-0.25, -0.2) is 0 Å². The van der Waals surface area contributed by atoms with Crippen molar-refractivity contribution in [3.63, 3.8) is 0 Å². The molecule has 0 saturated heterocycles. The fourth-order valence-electron chi connectivity index (χ4n) is 1.49. The van der Waals surface area contributed by atoms with E-state index in [9.17, 15) is 5.11 Å². The lowest BCUT2D eigenvalue weighted by molar-refractivity contribution is 0.000394. The summed E-state index contributed by atoms with van der Waals surface area (Å²) in [4.78, 5) is 2.37. The smallest absolute Gasteiger partial charge is 0.0690 e. The molecule has 80 valence electrons. The maximum atomic E-state index is 9.66. The van der Waals surface area contributed by atoms with Gasteiger partial charge in [0.1, 0.15) is 0 Å². The second-order valence-electron chi connectivity index (χ2n) is 4.32. The third kappa shape index (κ3) is 3.65. The molecule has 0 aromatic rings. The van der Waals surface area contributed by atoms with Gasteiger partial charge in [0.2, 0.25) is 0 Å². The van der Waals surface area contributed by atoms with Crippen molar-refractivity contribution < 1.29 is 5.11 Å². The molecule has 0 bridgehead atoms. The highest BCUT2D eigenvalue weighted by molar-refractivity contribution is 4.86. The predicted molar refractivity (Wildman–Crippen MR) is 57.9 cm³/mol. The van der Waals surface area contributed by atoms with E-state index < -0.39 is 0 Å². The van der Waals surface area contributed by atoms with Crippen LogP contribution in [0.25, 0.3) is 0 Å². The molecule has 0 aromatic heterocycles. The maximum absolute atomic E-state index is 9.66. The van der Waals surface area contributed by atoms with E-state index in [4.69, 9.17) is 0 Å². The van der Waals surface area contributed by atoms with Crippen molar-refractivity contribution in [1.29, 1.82) is 0 Å². The van der Waals surface area contributed by atoms with E-state index in [0.717, 1.165) is 25.9 Å².